The molecule has 0 bridgehead atoms. The van der Waals surface area contributed by atoms with Gasteiger partial charge in [-0.3, -0.25) is 4.79 Å². The van der Waals surface area contributed by atoms with Crippen LogP contribution in [0.2, 0.25) is 0 Å². The molecule has 1 aliphatic rings. The molecule has 80 valence electrons. The lowest BCUT2D eigenvalue weighted by Gasteiger charge is -2.42. The van der Waals surface area contributed by atoms with E-state index in [4.69, 9.17) is 0 Å². The molecule has 0 amide bonds. The topological polar surface area (TPSA) is 17.1 Å². The Morgan fingerprint density at radius 3 is 2.60 bits per heavy atom. The summed E-state index contributed by atoms with van der Waals surface area (Å²) >= 11 is 3.16. The van der Waals surface area contributed by atoms with Gasteiger partial charge in [-0.05, 0) is 33.6 Å². The van der Waals surface area contributed by atoms with Gasteiger partial charge in [0.1, 0.15) is 11.6 Å². The predicted molar refractivity (Wildman–Crippen MR) is 60.2 cm³/mol. The van der Waals surface area contributed by atoms with Crippen LogP contribution in [0.4, 0.5) is 4.39 Å². The summed E-state index contributed by atoms with van der Waals surface area (Å²) in [6, 6.07) is 4.98. The summed E-state index contributed by atoms with van der Waals surface area (Å²) in [6.45, 7) is 3.89. The Morgan fingerprint density at radius 1 is 1.47 bits per heavy atom. The summed E-state index contributed by atoms with van der Waals surface area (Å²) < 4.78 is 13.5. The molecule has 0 radical (unpaired) electrons. The minimum absolute atomic E-state index is 0.224. The number of ketones is 1. The van der Waals surface area contributed by atoms with E-state index in [1.165, 1.54) is 6.07 Å². The Kier molecular flexibility index (Phi) is 2.45. The number of hydrogen-bond acceptors (Lipinski definition) is 1. The summed E-state index contributed by atoms with van der Waals surface area (Å²) in [5.74, 6) is 0.247. The first-order valence-corrected chi connectivity index (χ1v) is 5.70. The maximum atomic E-state index is 13.0. The molecule has 1 aromatic carbocycles. The van der Waals surface area contributed by atoms with Crippen LogP contribution in [0.3, 0.4) is 0 Å². The molecular formula is C12H12BrFO. The van der Waals surface area contributed by atoms with Gasteiger partial charge in [-0.1, -0.05) is 19.9 Å². The van der Waals surface area contributed by atoms with Crippen LogP contribution < -0.4 is 0 Å². The van der Waals surface area contributed by atoms with E-state index in [2.05, 4.69) is 15.9 Å². The zero-order chi connectivity index (χ0) is 11.2. The highest BCUT2D eigenvalue weighted by Crippen LogP contribution is 2.49. The van der Waals surface area contributed by atoms with Crippen LogP contribution in [-0.2, 0) is 4.79 Å². The molecule has 0 saturated heterocycles. The van der Waals surface area contributed by atoms with Crippen LogP contribution in [-0.4, -0.2) is 5.78 Å². The van der Waals surface area contributed by atoms with Gasteiger partial charge in [-0.2, -0.15) is 0 Å². The molecule has 15 heavy (non-hydrogen) atoms. The highest BCUT2D eigenvalue weighted by Gasteiger charge is 2.47. The predicted octanol–water partition coefficient (Wildman–Crippen LogP) is 3.67. The van der Waals surface area contributed by atoms with Crippen molar-refractivity contribution in [1.29, 1.82) is 0 Å². The van der Waals surface area contributed by atoms with Crippen molar-refractivity contribution >= 4 is 21.7 Å². The number of benzene rings is 1. The van der Waals surface area contributed by atoms with Gasteiger partial charge in [-0.25, -0.2) is 4.39 Å². The van der Waals surface area contributed by atoms with Crippen LogP contribution in [0.15, 0.2) is 22.7 Å². The smallest absolute Gasteiger partial charge is 0.139 e. The van der Waals surface area contributed by atoms with Gasteiger partial charge in [0.05, 0.1) is 4.47 Å². The fourth-order valence-electron chi connectivity index (χ4n) is 2.03. The van der Waals surface area contributed by atoms with Crippen molar-refractivity contribution in [2.45, 2.75) is 26.2 Å². The van der Waals surface area contributed by atoms with Gasteiger partial charge < -0.3 is 0 Å². The first-order chi connectivity index (χ1) is 6.93. The maximum Gasteiger partial charge on any atom is 0.139 e. The zero-order valence-electron chi connectivity index (χ0n) is 8.68. The molecule has 0 N–H and O–H groups in total. The second-order valence-electron chi connectivity index (χ2n) is 4.58. The molecule has 3 heteroatoms. The first-order valence-electron chi connectivity index (χ1n) is 4.91. The van der Waals surface area contributed by atoms with Gasteiger partial charge in [0.15, 0.2) is 0 Å². The lowest BCUT2D eigenvalue weighted by atomic mass is 9.59. The number of hydrogen-bond donors (Lipinski definition) is 0. The van der Waals surface area contributed by atoms with Gasteiger partial charge in [0.25, 0.3) is 0 Å². The van der Waals surface area contributed by atoms with E-state index in [1.807, 2.05) is 13.8 Å². The molecule has 2 rings (SSSR count). The standard InChI is InChI=1S/C12H12BrFO/c1-12(2)8(6-11(12)15)7-3-4-10(14)9(13)5-7/h3-5,8H,6H2,1-2H3. The normalized spacial score (nSPS) is 23.7. The Balaban J connectivity index is 2.32. The minimum atomic E-state index is -0.294. The highest BCUT2D eigenvalue weighted by molar-refractivity contribution is 9.10. The second kappa shape index (κ2) is 3.41. The van der Waals surface area contributed by atoms with Crippen molar-refractivity contribution in [3.8, 4) is 0 Å². The molecule has 1 unspecified atom stereocenters. The Morgan fingerprint density at radius 2 is 2.13 bits per heavy atom. The van der Waals surface area contributed by atoms with Crippen LogP contribution in [0.5, 0.6) is 0 Å². The number of rotatable bonds is 1. The molecule has 1 aromatic rings. The summed E-state index contributed by atoms with van der Waals surface area (Å²) in [5.41, 5.74) is 0.741. The summed E-state index contributed by atoms with van der Waals surface area (Å²) in [6.07, 6.45) is 0.574. The average molecular weight is 271 g/mol. The van der Waals surface area contributed by atoms with Gasteiger partial charge in [-0.15, -0.1) is 0 Å². The molecule has 1 aliphatic carbocycles. The second-order valence-corrected chi connectivity index (χ2v) is 5.43. The SMILES string of the molecule is CC1(C)C(=O)CC1c1ccc(F)c(Br)c1. The monoisotopic (exact) mass is 270 g/mol. The van der Waals surface area contributed by atoms with Crippen LogP contribution in [0, 0.1) is 11.2 Å². The third-order valence-corrected chi connectivity index (χ3v) is 3.93. The minimum Gasteiger partial charge on any atom is -0.299 e. The van der Waals surface area contributed by atoms with Crippen molar-refractivity contribution in [1.82, 2.24) is 0 Å². The molecule has 0 heterocycles. The lowest BCUT2D eigenvalue weighted by molar-refractivity contribution is -0.137. The molecule has 0 spiro atoms. The van der Waals surface area contributed by atoms with Crippen molar-refractivity contribution in [3.05, 3.63) is 34.1 Å². The quantitative estimate of drug-likeness (QED) is 0.761. The first kappa shape index (κ1) is 10.8. The van der Waals surface area contributed by atoms with Crippen LogP contribution in [0.25, 0.3) is 0 Å². The molecule has 0 aliphatic heterocycles. The van der Waals surface area contributed by atoms with Crippen molar-refractivity contribution < 1.29 is 9.18 Å². The van der Waals surface area contributed by atoms with Gasteiger partial charge in [0, 0.05) is 17.8 Å². The van der Waals surface area contributed by atoms with E-state index in [9.17, 15) is 9.18 Å². The molecule has 1 atom stereocenters. The van der Waals surface area contributed by atoms with Crippen LogP contribution in [0.1, 0.15) is 31.7 Å². The van der Waals surface area contributed by atoms with Crippen molar-refractivity contribution in [2.24, 2.45) is 5.41 Å². The van der Waals surface area contributed by atoms with Gasteiger partial charge >= 0.3 is 0 Å². The third kappa shape index (κ3) is 1.63. The maximum absolute atomic E-state index is 13.0. The van der Waals surface area contributed by atoms with E-state index in [0.29, 0.717) is 10.9 Å². The highest BCUT2D eigenvalue weighted by atomic mass is 79.9. The number of Topliss-reactive ketones (excluding diaryl/α,β-unsaturated/α-hetero) is 1. The molecule has 1 nitrogen and oxygen atoms in total. The average Bonchev–Trinajstić information content (AvgIpc) is 2.19. The summed E-state index contributed by atoms with van der Waals surface area (Å²) in [5, 5.41) is 0. The number of carbonyl (C=O) groups excluding carboxylic acids is 1. The van der Waals surface area contributed by atoms with E-state index in [0.717, 1.165) is 5.56 Å². The van der Waals surface area contributed by atoms with Crippen LogP contribution >= 0.6 is 15.9 Å². The molecule has 0 aromatic heterocycles. The molecular weight excluding hydrogens is 259 g/mol. The van der Waals surface area contributed by atoms with E-state index in [-0.39, 0.29) is 22.9 Å². The summed E-state index contributed by atoms with van der Waals surface area (Å²) in [4.78, 5) is 11.4. The largest absolute Gasteiger partial charge is 0.299 e. The Hall–Kier alpha value is -0.700. The third-order valence-electron chi connectivity index (χ3n) is 3.33. The number of halogens is 2. The fourth-order valence-corrected chi connectivity index (χ4v) is 2.43. The van der Waals surface area contributed by atoms with E-state index < -0.39 is 0 Å². The van der Waals surface area contributed by atoms with Gasteiger partial charge in [0.2, 0.25) is 0 Å². The zero-order valence-corrected chi connectivity index (χ0v) is 10.3. The fraction of sp³-hybridized carbons (Fsp3) is 0.417. The lowest BCUT2D eigenvalue weighted by Crippen LogP contribution is -2.43. The summed E-state index contributed by atoms with van der Waals surface area (Å²) in [7, 11) is 0. The Labute approximate surface area is 96.8 Å². The van der Waals surface area contributed by atoms with Crippen molar-refractivity contribution in [3.63, 3.8) is 0 Å². The molecule has 1 saturated carbocycles. The Bertz CT molecular complexity index is 426. The molecule has 1 fully saturated rings. The number of carbonyl (C=O) groups is 1. The van der Waals surface area contributed by atoms with E-state index >= 15 is 0 Å². The van der Waals surface area contributed by atoms with E-state index in [1.54, 1.807) is 12.1 Å². The van der Waals surface area contributed by atoms with Crippen molar-refractivity contribution in [2.75, 3.05) is 0 Å².